The van der Waals surface area contributed by atoms with Gasteiger partial charge in [0.05, 0.1) is 17.9 Å². The summed E-state index contributed by atoms with van der Waals surface area (Å²) in [6.07, 6.45) is 8.06. The first-order chi connectivity index (χ1) is 17.0. The van der Waals surface area contributed by atoms with Crippen LogP contribution in [-0.4, -0.2) is 64.1 Å². The molecule has 1 aliphatic carbocycles. The first-order valence-electron chi connectivity index (χ1n) is 12.7. The van der Waals surface area contributed by atoms with Crippen LogP contribution >= 0.6 is 0 Å². The summed E-state index contributed by atoms with van der Waals surface area (Å²) in [7, 11) is 1.72. The zero-order chi connectivity index (χ0) is 24.8. The Bertz CT molecular complexity index is 1020. The minimum atomic E-state index is -0.609. The van der Waals surface area contributed by atoms with E-state index in [9.17, 15) is 14.4 Å². The summed E-state index contributed by atoms with van der Waals surface area (Å²) in [5.41, 5.74) is 0.839. The smallest absolute Gasteiger partial charge is 0.248 e. The van der Waals surface area contributed by atoms with E-state index in [1.54, 1.807) is 35.8 Å². The number of hydrogen-bond donors (Lipinski definition) is 3. The van der Waals surface area contributed by atoms with Gasteiger partial charge in [0, 0.05) is 12.6 Å². The van der Waals surface area contributed by atoms with Crippen molar-refractivity contribution in [1.82, 2.24) is 25.3 Å². The van der Waals surface area contributed by atoms with E-state index >= 15 is 0 Å². The lowest BCUT2D eigenvalue weighted by Crippen LogP contribution is -2.57. The molecule has 1 aromatic carbocycles. The Hall–Kier alpha value is -3.20. The molecule has 0 radical (unpaired) electrons. The number of carbonyl (C=O) groups is 3. The van der Waals surface area contributed by atoms with Crippen molar-refractivity contribution in [3.8, 4) is 5.69 Å². The summed E-state index contributed by atoms with van der Waals surface area (Å²) in [6, 6.07) is 9.74. The Balaban J connectivity index is 1.50. The molecule has 2 aliphatic rings. The molecule has 0 spiro atoms. The van der Waals surface area contributed by atoms with Gasteiger partial charge in [-0.2, -0.15) is 5.10 Å². The molecule has 1 aromatic heterocycles. The van der Waals surface area contributed by atoms with Gasteiger partial charge in [-0.1, -0.05) is 37.5 Å². The maximum atomic E-state index is 13.8. The van der Waals surface area contributed by atoms with Crippen molar-refractivity contribution in [2.45, 2.75) is 70.0 Å². The molecular formula is C26H36N6O3. The lowest BCUT2D eigenvalue weighted by atomic mass is 9.83. The van der Waals surface area contributed by atoms with E-state index in [-0.39, 0.29) is 23.6 Å². The summed E-state index contributed by atoms with van der Waals surface area (Å²) in [5.74, 6) is 0.0746. The highest BCUT2D eigenvalue weighted by Crippen LogP contribution is 2.30. The number of hydrogen-bond acceptors (Lipinski definition) is 5. The zero-order valence-electron chi connectivity index (χ0n) is 20.6. The van der Waals surface area contributed by atoms with Crippen molar-refractivity contribution in [2.24, 2.45) is 5.92 Å². The molecule has 3 amide bonds. The summed E-state index contributed by atoms with van der Waals surface area (Å²) >= 11 is 0. The van der Waals surface area contributed by atoms with E-state index in [1.165, 1.54) is 0 Å². The van der Waals surface area contributed by atoms with Crippen molar-refractivity contribution in [2.75, 3.05) is 18.9 Å². The van der Waals surface area contributed by atoms with E-state index in [0.717, 1.165) is 44.2 Å². The minimum Gasteiger partial charge on any atom is -0.343 e. The second-order valence-electron chi connectivity index (χ2n) is 9.54. The lowest BCUT2D eigenvalue weighted by molar-refractivity contribution is -0.142. The molecule has 2 heterocycles. The maximum absolute atomic E-state index is 13.8. The highest BCUT2D eigenvalue weighted by molar-refractivity contribution is 5.98. The molecular weight excluding hydrogens is 444 g/mol. The molecule has 188 valence electrons. The van der Waals surface area contributed by atoms with Crippen molar-refractivity contribution in [3.05, 3.63) is 42.6 Å². The Morgan fingerprint density at radius 1 is 1.00 bits per heavy atom. The number of anilines is 1. The van der Waals surface area contributed by atoms with Crippen molar-refractivity contribution < 1.29 is 14.4 Å². The van der Waals surface area contributed by atoms with Gasteiger partial charge in [-0.05, 0) is 57.7 Å². The van der Waals surface area contributed by atoms with Crippen LogP contribution in [0, 0.1) is 5.92 Å². The van der Waals surface area contributed by atoms with Crippen molar-refractivity contribution in [3.63, 3.8) is 0 Å². The molecule has 2 aromatic rings. The lowest BCUT2D eigenvalue weighted by Gasteiger charge is -2.35. The van der Waals surface area contributed by atoms with Crippen LogP contribution in [0.25, 0.3) is 5.69 Å². The summed E-state index contributed by atoms with van der Waals surface area (Å²) in [5, 5.41) is 13.3. The average Bonchev–Trinajstić information content (AvgIpc) is 3.57. The van der Waals surface area contributed by atoms with Crippen molar-refractivity contribution in [1.29, 1.82) is 0 Å². The minimum absolute atomic E-state index is 0.0908. The first-order valence-corrected chi connectivity index (χ1v) is 12.7. The van der Waals surface area contributed by atoms with Crippen LogP contribution in [0.4, 0.5) is 5.82 Å². The van der Waals surface area contributed by atoms with E-state index in [2.05, 4.69) is 21.0 Å². The van der Waals surface area contributed by atoms with Gasteiger partial charge in [0.25, 0.3) is 0 Å². The number of aromatic nitrogens is 2. The number of rotatable bonds is 8. The van der Waals surface area contributed by atoms with E-state index in [0.29, 0.717) is 18.8 Å². The molecule has 3 N–H and O–H groups in total. The molecule has 4 rings (SSSR count). The molecule has 1 saturated carbocycles. The highest BCUT2D eigenvalue weighted by Gasteiger charge is 2.41. The van der Waals surface area contributed by atoms with Gasteiger partial charge in [0.2, 0.25) is 17.7 Å². The van der Waals surface area contributed by atoms with Gasteiger partial charge in [-0.3, -0.25) is 14.4 Å². The third-order valence-corrected chi connectivity index (χ3v) is 7.24. The summed E-state index contributed by atoms with van der Waals surface area (Å²) in [4.78, 5) is 41.5. The molecule has 35 heavy (non-hydrogen) atoms. The van der Waals surface area contributed by atoms with Gasteiger partial charge in [0.1, 0.15) is 17.9 Å². The molecule has 1 saturated heterocycles. The number of para-hydroxylation sites is 1. The second kappa shape index (κ2) is 11.5. The van der Waals surface area contributed by atoms with Crippen molar-refractivity contribution >= 4 is 23.5 Å². The van der Waals surface area contributed by atoms with Gasteiger partial charge >= 0.3 is 0 Å². The predicted molar refractivity (Wildman–Crippen MR) is 134 cm³/mol. The van der Waals surface area contributed by atoms with E-state index < -0.39 is 18.1 Å². The maximum Gasteiger partial charge on any atom is 0.248 e. The molecule has 1 aliphatic heterocycles. The van der Waals surface area contributed by atoms with Crippen LogP contribution in [0.1, 0.15) is 51.9 Å². The number of likely N-dealkylation sites (N-methyl/N-ethyl adjacent to an activating group) is 1. The number of benzene rings is 1. The molecule has 9 heteroatoms. The van der Waals surface area contributed by atoms with Gasteiger partial charge in [-0.25, -0.2) is 4.68 Å². The topological polar surface area (TPSA) is 108 Å². The van der Waals surface area contributed by atoms with Gasteiger partial charge < -0.3 is 20.9 Å². The largest absolute Gasteiger partial charge is 0.343 e. The van der Waals surface area contributed by atoms with Crippen LogP contribution in [-0.2, 0) is 14.4 Å². The monoisotopic (exact) mass is 480 g/mol. The second-order valence-corrected chi connectivity index (χ2v) is 9.54. The predicted octanol–water partition coefficient (Wildman–Crippen LogP) is 2.47. The number of likely N-dealkylation sites (tertiary alicyclic amines) is 1. The number of carbonyl (C=O) groups excluding carboxylic acids is 3. The zero-order valence-corrected chi connectivity index (χ0v) is 20.6. The normalized spacial score (nSPS) is 20.3. The van der Waals surface area contributed by atoms with Gasteiger partial charge in [-0.15, -0.1) is 0 Å². The summed E-state index contributed by atoms with van der Waals surface area (Å²) in [6.45, 7) is 2.29. The molecule has 2 fully saturated rings. The number of nitrogens with one attached hydrogen (secondary N) is 3. The van der Waals surface area contributed by atoms with Crippen LogP contribution in [0.2, 0.25) is 0 Å². The van der Waals surface area contributed by atoms with E-state index in [4.69, 9.17) is 0 Å². The Morgan fingerprint density at radius 3 is 2.46 bits per heavy atom. The SMILES string of the molecule is CN[C@@H](C)C(=O)N[C@H](C(=O)N1CCC[C@H]1C(=O)Nc1ccnn1-c1ccccc1)C1CCCCC1. The third-order valence-electron chi connectivity index (χ3n) is 7.24. The van der Waals surface area contributed by atoms with Crippen LogP contribution in [0.15, 0.2) is 42.6 Å². The summed E-state index contributed by atoms with van der Waals surface area (Å²) < 4.78 is 1.67. The van der Waals surface area contributed by atoms with Crippen LogP contribution in [0.3, 0.4) is 0 Å². The molecule has 3 atom stereocenters. The Kier molecular flexibility index (Phi) is 8.17. The van der Waals surface area contributed by atoms with Crippen LogP contribution < -0.4 is 16.0 Å². The van der Waals surface area contributed by atoms with E-state index in [1.807, 2.05) is 30.3 Å². The first kappa shape index (κ1) is 24.9. The Labute approximate surface area is 206 Å². The number of nitrogens with zero attached hydrogens (tertiary/aromatic N) is 3. The molecule has 0 bridgehead atoms. The average molecular weight is 481 g/mol. The number of amides is 3. The third kappa shape index (κ3) is 5.73. The Morgan fingerprint density at radius 2 is 1.74 bits per heavy atom. The molecule has 0 unspecified atom stereocenters. The quantitative estimate of drug-likeness (QED) is 0.538. The van der Waals surface area contributed by atoms with Gasteiger partial charge in [0.15, 0.2) is 0 Å². The fraction of sp³-hybridized carbons (Fsp3) is 0.538. The fourth-order valence-corrected chi connectivity index (χ4v) is 5.12. The fourth-order valence-electron chi connectivity index (χ4n) is 5.12. The highest BCUT2D eigenvalue weighted by atomic mass is 16.2. The molecule has 9 nitrogen and oxygen atoms in total. The standard InChI is InChI=1S/C26H36N6O3/c1-18(27-2)24(33)30-23(19-10-5-3-6-11-19)26(35)31-17-9-14-21(31)25(34)29-22-15-16-28-32(22)20-12-7-4-8-13-20/h4,7-8,12-13,15-16,18-19,21,23,27H,3,5-6,9-11,14,17H2,1-2H3,(H,29,34)(H,30,33)/t18-,21-,23-/m0/s1. The van der Waals surface area contributed by atoms with Crippen LogP contribution in [0.5, 0.6) is 0 Å².